The fraction of sp³-hybridized carbons (Fsp3) is 0.143. The van der Waals surface area contributed by atoms with Crippen molar-refractivity contribution in [1.82, 2.24) is 4.57 Å². The van der Waals surface area contributed by atoms with Gasteiger partial charge in [-0.05, 0) is 24.3 Å². The van der Waals surface area contributed by atoms with Crippen molar-refractivity contribution in [2.24, 2.45) is 0 Å². The summed E-state index contributed by atoms with van der Waals surface area (Å²) in [4.78, 5) is 23.9. The van der Waals surface area contributed by atoms with Gasteiger partial charge in [-0.2, -0.15) is 0 Å². The number of carbonyl (C=O) groups excluding carboxylic acids is 1. The zero-order chi connectivity index (χ0) is 17.5. The van der Waals surface area contributed by atoms with Crippen LogP contribution in [0.3, 0.4) is 0 Å². The number of pyridine rings is 1. The van der Waals surface area contributed by atoms with E-state index < -0.39 is 17.8 Å². The Kier molecular flexibility index (Phi) is 4.03. The van der Waals surface area contributed by atoms with Crippen LogP contribution in [0.5, 0.6) is 11.5 Å². The number of amides is 1. The summed E-state index contributed by atoms with van der Waals surface area (Å²) in [5.41, 5.74) is -0.147. The third-order valence-electron chi connectivity index (χ3n) is 3.30. The highest BCUT2D eigenvalue weighted by atomic mass is 27.0. The van der Waals surface area contributed by atoms with E-state index in [1.54, 1.807) is 6.20 Å². The Morgan fingerprint density at radius 1 is 1.21 bits per heavy atom. The lowest BCUT2D eigenvalue weighted by atomic mass is 10.2. The summed E-state index contributed by atoms with van der Waals surface area (Å²) in [6.07, 6.45) is -3.24. The summed E-state index contributed by atoms with van der Waals surface area (Å²) in [5, 5.41) is 2.47. The first-order valence-electron chi connectivity index (χ1n) is 6.80. The van der Waals surface area contributed by atoms with Gasteiger partial charge in [-0.3, -0.25) is 14.2 Å². The molecule has 24 heavy (non-hydrogen) atoms. The zero-order valence-electron chi connectivity index (χ0n) is 12.3. The molecule has 0 radical (unpaired) electrons. The first-order chi connectivity index (χ1) is 11.2. The minimum Gasteiger partial charge on any atom is -0.483 e. The predicted molar refractivity (Wildman–Crippen MR) is 81.0 cm³/mol. The molecule has 0 unspecified atom stereocenters. The Balaban J connectivity index is 2.01. The van der Waals surface area contributed by atoms with Crippen LogP contribution in [-0.2, 0) is 4.79 Å². The maximum Gasteiger partial charge on any atom is 0.573 e. The van der Waals surface area contributed by atoms with E-state index in [0.717, 1.165) is 16.6 Å². The number of benzene rings is 1. The number of ether oxygens (including phenoxy) is 2. The summed E-state index contributed by atoms with van der Waals surface area (Å²) in [7, 11) is 0. The molecule has 1 amide bonds. The van der Waals surface area contributed by atoms with E-state index in [-0.39, 0.29) is 18.0 Å². The van der Waals surface area contributed by atoms with Gasteiger partial charge in [0, 0.05) is 11.9 Å². The minimum atomic E-state index is -4.78. The van der Waals surface area contributed by atoms with Gasteiger partial charge in [-0.25, -0.2) is 0 Å². The second-order valence-electron chi connectivity index (χ2n) is 5.07. The molecule has 1 aliphatic rings. The highest BCUT2D eigenvalue weighted by Gasteiger charge is 2.31. The number of alkyl halides is 3. The van der Waals surface area contributed by atoms with E-state index in [2.05, 4.69) is 10.1 Å². The van der Waals surface area contributed by atoms with E-state index in [1.807, 2.05) is 0 Å². The highest BCUT2D eigenvalue weighted by Crippen LogP contribution is 2.25. The lowest BCUT2D eigenvalue weighted by Crippen LogP contribution is -2.36. The molecule has 1 aromatic carbocycles. The molecule has 2 aromatic rings. The van der Waals surface area contributed by atoms with Crippen molar-refractivity contribution in [1.29, 1.82) is 0 Å². The van der Waals surface area contributed by atoms with E-state index in [0.29, 0.717) is 27.7 Å². The van der Waals surface area contributed by atoms with Crippen LogP contribution in [0.1, 0.15) is 0 Å². The number of hydrogen-bond acceptors (Lipinski definition) is 4. The van der Waals surface area contributed by atoms with Crippen LogP contribution in [0.4, 0.5) is 18.9 Å². The third kappa shape index (κ3) is 3.25. The molecule has 124 valence electrons. The molecule has 1 aromatic heterocycles. The van der Waals surface area contributed by atoms with Gasteiger partial charge in [-0.1, -0.05) is 4.43 Å². The number of nitrogens with one attached hydrogen (secondary N) is 1. The second kappa shape index (κ2) is 5.89. The average molecular weight is 354 g/mol. The largest absolute Gasteiger partial charge is 0.573 e. The van der Waals surface area contributed by atoms with E-state index in [9.17, 15) is 22.8 Å². The van der Waals surface area contributed by atoms with Gasteiger partial charge in [0.2, 0.25) is 0 Å². The van der Waals surface area contributed by atoms with Crippen LogP contribution < -0.4 is 24.8 Å². The number of fused-ring (bicyclic) bond motifs is 1. The summed E-state index contributed by atoms with van der Waals surface area (Å²) in [6.45, 7) is -0.158. The third-order valence-corrected chi connectivity index (χ3v) is 4.01. The molecule has 0 fully saturated rings. The molecule has 2 heterocycles. The van der Waals surface area contributed by atoms with Crippen molar-refractivity contribution >= 4 is 32.3 Å². The molecular formula is C14H10AlF3N2O4. The predicted octanol–water partition coefficient (Wildman–Crippen LogP) is 0.325. The van der Waals surface area contributed by atoms with Gasteiger partial charge in [0.15, 0.2) is 6.61 Å². The van der Waals surface area contributed by atoms with E-state index in [1.165, 1.54) is 16.7 Å². The van der Waals surface area contributed by atoms with E-state index >= 15 is 0 Å². The number of rotatable bonds is 2. The van der Waals surface area contributed by atoms with Gasteiger partial charge in [0.25, 0.3) is 27.8 Å². The molecule has 0 spiro atoms. The summed E-state index contributed by atoms with van der Waals surface area (Å²) in [6, 6.07) is 4.86. The molecule has 0 saturated heterocycles. The molecule has 3 rings (SSSR count). The maximum atomic E-state index is 12.5. The minimum absolute atomic E-state index is 0.0365. The molecule has 1 N–H and O–H groups in total. The number of halogens is 3. The fourth-order valence-electron chi connectivity index (χ4n) is 2.34. The summed E-state index contributed by atoms with van der Waals surface area (Å²) in [5.74, 6) is -0.480. The van der Waals surface area contributed by atoms with Crippen LogP contribution in [0.2, 0.25) is 0 Å². The molecule has 6 nitrogen and oxygen atoms in total. The normalized spacial score (nSPS) is 13.7. The number of hydrogen-bond donors (Lipinski definition) is 1. The number of aromatic nitrogens is 1. The van der Waals surface area contributed by atoms with Crippen molar-refractivity contribution in [3.05, 3.63) is 40.8 Å². The lowest BCUT2D eigenvalue weighted by Gasteiger charge is -2.21. The lowest BCUT2D eigenvalue weighted by molar-refractivity contribution is -0.274. The Morgan fingerprint density at radius 3 is 2.50 bits per heavy atom. The van der Waals surface area contributed by atoms with Gasteiger partial charge < -0.3 is 14.8 Å². The van der Waals surface area contributed by atoms with Crippen LogP contribution in [0.25, 0.3) is 5.69 Å². The number of nitrogens with zero attached hydrogens (tertiary/aromatic N) is 1. The quantitative estimate of drug-likeness (QED) is 0.789. The Labute approximate surface area is 141 Å². The molecule has 0 atom stereocenters. The molecule has 0 bridgehead atoms. The smallest absolute Gasteiger partial charge is 0.483 e. The van der Waals surface area contributed by atoms with Crippen molar-refractivity contribution in [3.8, 4) is 17.2 Å². The summed E-state index contributed by atoms with van der Waals surface area (Å²) >= 11 is 0.546. The monoisotopic (exact) mass is 354 g/mol. The van der Waals surface area contributed by atoms with Crippen LogP contribution >= 0.6 is 0 Å². The Hall–Kier alpha value is -2.44. The van der Waals surface area contributed by atoms with Crippen molar-refractivity contribution < 1.29 is 27.4 Å². The molecular weight excluding hydrogens is 344 g/mol. The first-order valence-corrected chi connectivity index (χ1v) is 7.80. The highest BCUT2D eigenvalue weighted by molar-refractivity contribution is 6.35. The second-order valence-corrected chi connectivity index (χ2v) is 6.15. The zero-order valence-corrected chi connectivity index (χ0v) is 14.3. The molecule has 0 saturated carbocycles. The molecule has 10 heteroatoms. The van der Waals surface area contributed by atoms with Crippen LogP contribution in [-0.4, -0.2) is 39.7 Å². The average Bonchev–Trinajstić information content (AvgIpc) is 2.50. The first kappa shape index (κ1) is 16.4. The fourth-order valence-corrected chi connectivity index (χ4v) is 2.99. The van der Waals surface area contributed by atoms with E-state index in [4.69, 9.17) is 4.74 Å². The van der Waals surface area contributed by atoms with Gasteiger partial charge >= 0.3 is 6.36 Å². The Morgan fingerprint density at radius 2 is 1.88 bits per heavy atom. The van der Waals surface area contributed by atoms with Gasteiger partial charge in [-0.15, -0.1) is 13.2 Å². The SMILES string of the molecule is O=C1COc2[c]([AlH2])cn(-c3ccc(OC(F)(F)F)cc3)c(=O)c2N1. The standard InChI is InChI=1S/C14H8F3N2O4.Al.2H/c15-14(16,17)23-9-3-1-8(2-4-9)19-6-5-10-12(13(19)21)18-11(20)7-22-10;;;/h1-4,6H,7H2,(H,18,20);;;. The number of carbonyl (C=O) groups is 1. The van der Waals surface area contributed by atoms with Crippen LogP contribution in [0.15, 0.2) is 35.3 Å². The Bertz CT molecular complexity index is 862. The van der Waals surface area contributed by atoms with Gasteiger partial charge in [0.05, 0.1) is 0 Å². The van der Waals surface area contributed by atoms with Crippen molar-refractivity contribution in [3.63, 3.8) is 0 Å². The maximum absolute atomic E-state index is 12.5. The van der Waals surface area contributed by atoms with Crippen molar-refractivity contribution in [2.75, 3.05) is 11.9 Å². The van der Waals surface area contributed by atoms with Crippen LogP contribution in [0, 0.1) is 0 Å². The molecule has 1 aliphatic heterocycles. The van der Waals surface area contributed by atoms with Crippen molar-refractivity contribution in [2.45, 2.75) is 6.36 Å². The summed E-state index contributed by atoms with van der Waals surface area (Å²) < 4.78 is 47.6. The molecule has 0 aliphatic carbocycles. The topological polar surface area (TPSA) is 69.6 Å². The number of anilines is 1. The van der Waals surface area contributed by atoms with Gasteiger partial charge in [0.1, 0.15) is 17.2 Å².